The van der Waals surface area contributed by atoms with Crippen LogP contribution >= 0.6 is 76.6 Å². The first-order chi connectivity index (χ1) is 2.24. The zero-order valence-electron chi connectivity index (χ0n) is 2.75. The maximum absolute atomic E-state index is 4.98. The molecule has 0 heterocycles. The average Bonchev–Trinajstić information content (AvgIpc) is 0.650. The molecule has 0 aromatic rings. The van der Waals surface area contributed by atoms with Crippen LogP contribution < -0.4 is 0 Å². The van der Waals surface area contributed by atoms with Crippen molar-refractivity contribution >= 4 is 76.6 Å². The van der Waals surface area contributed by atoms with E-state index >= 15 is 0 Å². The molecule has 0 atom stereocenters. The Morgan fingerprint density at radius 1 is 0.714 bits per heavy atom. The molecule has 0 unspecified atom stereocenters. The van der Waals surface area contributed by atoms with Gasteiger partial charge in [0.1, 0.15) is 0 Å². The summed E-state index contributed by atoms with van der Waals surface area (Å²) in [6, 6.07) is 0. The van der Waals surface area contributed by atoms with Crippen molar-refractivity contribution in [2.24, 2.45) is 0 Å². The van der Waals surface area contributed by atoms with Crippen LogP contribution in [0.4, 0.5) is 0 Å². The van der Waals surface area contributed by atoms with Gasteiger partial charge in [-0.05, 0) is 0 Å². The predicted octanol–water partition coefficient (Wildman–Crippen LogP) is 4.89. The minimum absolute atomic E-state index is 0. The molecule has 48 valence electrons. The SMILES string of the molecule is Br.ClP(Cl)(Cl)(Cl)Cl. The van der Waals surface area contributed by atoms with E-state index in [4.69, 9.17) is 56.2 Å². The standard InChI is InChI=1S/BrH.Cl5P/c;1-6(2,3,4)5/h1H;. The fraction of sp³-hybridized carbons (Fsp3) is 0. The van der Waals surface area contributed by atoms with Gasteiger partial charge in [-0.15, -0.1) is 17.0 Å². The molecule has 0 aliphatic heterocycles. The normalized spacial score (nSPS) is 16.4. The fourth-order valence-electron chi connectivity index (χ4n) is 0. The molecule has 0 aromatic heterocycles. The Kier molecular flexibility index (Phi) is 5.11. The summed E-state index contributed by atoms with van der Waals surface area (Å²) >= 11 is 24.9. The van der Waals surface area contributed by atoms with E-state index in [1.54, 1.807) is 0 Å². The molecule has 0 radical (unpaired) electrons. The number of hydrogen-bond donors (Lipinski definition) is 0. The molecule has 7 heavy (non-hydrogen) atoms. The van der Waals surface area contributed by atoms with Crippen LogP contribution in [0, 0.1) is 0 Å². The third kappa shape index (κ3) is 60.7. The van der Waals surface area contributed by atoms with Crippen molar-refractivity contribution in [2.45, 2.75) is 0 Å². The zero-order valence-corrected chi connectivity index (χ0v) is 9.13. The quantitative estimate of drug-likeness (QED) is 0.557. The number of halogens is 6. The van der Waals surface area contributed by atoms with Crippen molar-refractivity contribution < 1.29 is 0 Å². The van der Waals surface area contributed by atoms with E-state index in [1.165, 1.54) is 0 Å². The minimum atomic E-state index is -3.69. The average molecular weight is 289 g/mol. The van der Waals surface area contributed by atoms with E-state index in [9.17, 15) is 0 Å². The summed E-state index contributed by atoms with van der Waals surface area (Å²) in [5, 5.41) is 0. The van der Waals surface area contributed by atoms with Gasteiger partial charge in [0.05, 0.1) is 0 Å². The van der Waals surface area contributed by atoms with Gasteiger partial charge in [0.2, 0.25) is 0 Å². The third-order valence-electron chi connectivity index (χ3n) is 0. The molecule has 0 bridgehead atoms. The van der Waals surface area contributed by atoms with Crippen LogP contribution in [0.2, 0.25) is 0 Å². The predicted molar refractivity (Wildman–Crippen MR) is 46.5 cm³/mol. The van der Waals surface area contributed by atoms with Gasteiger partial charge in [-0.1, -0.05) is 0 Å². The maximum atomic E-state index is 4.98. The second-order valence-electron chi connectivity index (χ2n) is 0.639. The van der Waals surface area contributed by atoms with Gasteiger partial charge in [-0.3, -0.25) is 0 Å². The third-order valence-corrected chi connectivity index (χ3v) is 0. The first kappa shape index (κ1) is 12.1. The molecule has 0 N–H and O–H groups in total. The van der Waals surface area contributed by atoms with Gasteiger partial charge in [0, 0.05) is 0 Å². The van der Waals surface area contributed by atoms with Gasteiger partial charge in [0.25, 0.3) is 0 Å². The van der Waals surface area contributed by atoms with Crippen molar-refractivity contribution in [1.82, 2.24) is 0 Å². The Bertz CT molecular complexity index is 41.3. The van der Waals surface area contributed by atoms with E-state index in [1.807, 2.05) is 0 Å². The van der Waals surface area contributed by atoms with Gasteiger partial charge >= 0.3 is 59.6 Å². The van der Waals surface area contributed by atoms with E-state index in [-0.39, 0.29) is 17.0 Å². The van der Waals surface area contributed by atoms with Crippen LogP contribution in [0.25, 0.3) is 0 Å². The fourth-order valence-corrected chi connectivity index (χ4v) is 0. The Morgan fingerprint density at radius 3 is 0.714 bits per heavy atom. The summed E-state index contributed by atoms with van der Waals surface area (Å²) in [5.74, 6) is 0. The molecular formula is HBrCl5P. The van der Waals surface area contributed by atoms with E-state index < -0.39 is 3.37 Å². The van der Waals surface area contributed by atoms with Crippen molar-refractivity contribution in [3.63, 3.8) is 0 Å². The van der Waals surface area contributed by atoms with Gasteiger partial charge in [0.15, 0.2) is 0 Å². The Balaban J connectivity index is 0. The van der Waals surface area contributed by atoms with Crippen molar-refractivity contribution in [2.75, 3.05) is 0 Å². The Labute approximate surface area is 76.0 Å². The van der Waals surface area contributed by atoms with Gasteiger partial charge in [-0.25, -0.2) is 0 Å². The summed E-state index contributed by atoms with van der Waals surface area (Å²) in [6.45, 7) is 0. The molecule has 0 saturated heterocycles. The number of hydrogen-bond acceptors (Lipinski definition) is 0. The molecule has 7 heteroatoms. The summed E-state index contributed by atoms with van der Waals surface area (Å²) in [5.41, 5.74) is 0. The topological polar surface area (TPSA) is 0 Å². The van der Waals surface area contributed by atoms with Crippen LogP contribution in [0.1, 0.15) is 0 Å². The van der Waals surface area contributed by atoms with E-state index in [2.05, 4.69) is 0 Å². The van der Waals surface area contributed by atoms with Crippen LogP contribution in [-0.2, 0) is 0 Å². The van der Waals surface area contributed by atoms with Crippen LogP contribution in [-0.4, -0.2) is 0 Å². The molecule has 0 aromatic carbocycles. The van der Waals surface area contributed by atoms with Crippen LogP contribution in [0.15, 0.2) is 0 Å². The molecule has 0 fully saturated rings. The summed E-state index contributed by atoms with van der Waals surface area (Å²) in [7, 11) is 0. The van der Waals surface area contributed by atoms with Crippen LogP contribution in [0.5, 0.6) is 0 Å². The monoisotopic (exact) mass is 286 g/mol. The van der Waals surface area contributed by atoms with E-state index in [0.717, 1.165) is 0 Å². The van der Waals surface area contributed by atoms with Crippen molar-refractivity contribution in [3.8, 4) is 0 Å². The molecule has 0 aliphatic rings. The molecule has 0 aliphatic carbocycles. The van der Waals surface area contributed by atoms with E-state index in [0.29, 0.717) is 0 Å². The molecule has 0 rings (SSSR count). The van der Waals surface area contributed by atoms with Crippen LogP contribution in [0.3, 0.4) is 0 Å². The summed E-state index contributed by atoms with van der Waals surface area (Å²) in [4.78, 5) is 0. The van der Waals surface area contributed by atoms with Gasteiger partial charge < -0.3 is 0 Å². The van der Waals surface area contributed by atoms with Crippen molar-refractivity contribution in [1.29, 1.82) is 0 Å². The molecule has 0 amide bonds. The second kappa shape index (κ2) is 2.96. The number of rotatable bonds is 0. The second-order valence-corrected chi connectivity index (χ2v) is 17.2. The van der Waals surface area contributed by atoms with Gasteiger partial charge in [-0.2, -0.15) is 0 Å². The first-order valence-electron chi connectivity index (χ1n) is 0.845. The first-order valence-corrected chi connectivity index (χ1v) is 7.61. The molecule has 0 saturated carbocycles. The summed E-state index contributed by atoms with van der Waals surface area (Å²) < 4.78 is -3.69. The zero-order chi connectivity index (χ0) is 5.45. The molecule has 0 spiro atoms. The summed E-state index contributed by atoms with van der Waals surface area (Å²) in [6.07, 6.45) is 0. The Morgan fingerprint density at radius 2 is 0.714 bits per heavy atom. The Hall–Kier alpha value is 2.36. The molecule has 0 nitrogen and oxygen atoms in total. The molecular weight excluding hydrogens is 288 g/mol. The van der Waals surface area contributed by atoms with Crippen molar-refractivity contribution in [3.05, 3.63) is 0 Å².